The van der Waals surface area contributed by atoms with Crippen molar-refractivity contribution in [3.63, 3.8) is 0 Å². The molecule has 1 aliphatic rings. The van der Waals surface area contributed by atoms with Crippen molar-refractivity contribution >= 4 is 22.6 Å². The third kappa shape index (κ3) is 5.85. The van der Waals surface area contributed by atoms with Crippen LogP contribution in [0.3, 0.4) is 0 Å². The highest BCUT2D eigenvalue weighted by atomic mass is 35.5. The van der Waals surface area contributed by atoms with Crippen LogP contribution in [0.15, 0.2) is 30.3 Å². The molecule has 1 unspecified atom stereocenters. The number of halogens is 1. The van der Waals surface area contributed by atoms with Gasteiger partial charge in [0.25, 0.3) is 10.2 Å². The molecule has 2 rings (SSSR count). The first-order valence-corrected chi connectivity index (χ1v) is 9.05. The molecule has 1 atom stereocenters. The summed E-state index contributed by atoms with van der Waals surface area (Å²) in [5, 5.41) is 3.31. The number of rotatable bonds is 7. The van der Waals surface area contributed by atoms with Crippen molar-refractivity contribution in [1.82, 2.24) is 14.3 Å². The second-order valence-electron chi connectivity index (χ2n) is 5.48. The Balaban J connectivity index is 0.00000242. The molecular formula is C15H26ClN3O2S. The molecule has 0 amide bonds. The van der Waals surface area contributed by atoms with Crippen molar-refractivity contribution in [2.45, 2.75) is 26.3 Å². The van der Waals surface area contributed by atoms with Gasteiger partial charge in [-0.2, -0.15) is 12.7 Å². The number of piperidine rings is 1. The van der Waals surface area contributed by atoms with Crippen LogP contribution in [0.4, 0.5) is 0 Å². The fraction of sp³-hybridized carbons (Fsp3) is 0.600. The Hall–Kier alpha value is -0.660. The molecule has 126 valence electrons. The van der Waals surface area contributed by atoms with Crippen molar-refractivity contribution in [2.75, 3.05) is 26.2 Å². The fourth-order valence-electron chi connectivity index (χ4n) is 2.57. The van der Waals surface area contributed by atoms with Gasteiger partial charge in [-0.1, -0.05) is 37.3 Å². The molecule has 1 aromatic rings. The van der Waals surface area contributed by atoms with E-state index < -0.39 is 10.2 Å². The molecule has 1 aliphatic heterocycles. The van der Waals surface area contributed by atoms with Crippen LogP contribution in [0, 0.1) is 5.92 Å². The standard InChI is InChI=1S/C15H25N3O2S.ClH/c1-2-18(13-14-7-4-3-5-8-14)21(19,20)17-12-15-9-6-10-16-11-15;/h3-5,7-8,15-17H,2,6,9-13H2,1H3;1H. The molecule has 1 fully saturated rings. The zero-order valence-corrected chi connectivity index (χ0v) is 14.6. The summed E-state index contributed by atoms with van der Waals surface area (Å²) >= 11 is 0. The maximum Gasteiger partial charge on any atom is 0.279 e. The van der Waals surface area contributed by atoms with E-state index in [1.165, 1.54) is 4.31 Å². The summed E-state index contributed by atoms with van der Waals surface area (Å²) in [5.41, 5.74) is 1.00. The number of hydrogen-bond acceptors (Lipinski definition) is 3. The van der Waals surface area contributed by atoms with Gasteiger partial charge in [0, 0.05) is 19.6 Å². The van der Waals surface area contributed by atoms with Crippen molar-refractivity contribution < 1.29 is 8.42 Å². The summed E-state index contributed by atoms with van der Waals surface area (Å²) in [6, 6.07) is 9.68. The number of benzene rings is 1. The largest absolute Gasteiger partial charge is 0.316 e. The second kappa shape index (κ2) is 9.47. The van der Waals surface area contributed by atoms with E-state index in [9.17, 15) is 8.42 Å². The molecule has 0 aliphatic carbocycles. The van der Waals surface area contributed by atoms with E-state index in [1.54, 1.807) is 0 Å². The Bertz CT molecular complexity index is 519. The van der Waals surface area contributed by atoms with Gasteiger partial charge in [0.2, 0.25) is 0 Å². The lowest BCUT2D eigenvalue weighted by molar-refractivity contribution is 0.364. The van der Waals surface area contributed by atoms with E-state index in [0.29, 0.717) is 25.6 Å². The lowest BCUT2D eigenvalue weighted by Crippen LogP contribution is -2.44. The van der Waals surface area contributed by atoms with Crippen LogP contribution < -0.4 is 10.0 Å². The van der Waals surface area contributed by atoms with Crippen LogP contribution >= 0.6 is 12.4 Å². The van der Waals surface area contributed by atoms with Gasteiger partial charge in [-0.05, 0) is 37.4 Å². The molecule has 22 heavy (non-hydrogen) atoms. The van der Waals surface area contributed by atoms with E-state index in [0.717, 1.165) is 31.5 Å². The zero-order valence-electron chi connectivity index (χ0n) is 13.0. The zero-order chi connectivity index (χ0) is 15.1. The molecule has 0 radical (unpaired) electrons. The first-order chi connectivity index (χ1) is 10.1. The van der Waals surface area contributed by atoms with Gasteiger partial charge >= 0.3 is 0 Å². The lowest BCUT2D eigenvalue weighted by atomic mass is 10.0. The minimum absolute atomic E-state index is 0. The predicted octanol–water partition coefficient (Wildman–Crippen LogP) is 1.76. The first-order valence-electron chi connectivity index (χ1n) is 7.61. The third-order valence-corrected chi connectivity index (χ3v) is 5.45. The summed E-state index contributed by atoms with van der Waals surface area (Å²) in [4.78, 5) is 0. The molecule has 1 aromatic carbocycles. The van der Waals surface area contributed by atoms with Gasteiger partial charge in [-0.3, -0.25) is 0 Å². The molecule has 0 aromatic heterocycles. The summed E-state index contributed by atoms with van der Waals surface area (Å²) in [6.07, 6.45) is 2.20. The fourth-order valence-corrected chi connectivity index (χ4v) is 3.85. The van der Waals surface area contributed by atoms with Crippen molar-refractivity contribution in [2.24, 2.45) is 5.92 Å². The molecule has 7 heteroatoms. The highest BCUT2D eigenvalue weighted by Gasteiger charge is 2.22. The van der Waals surface area contributed by atoms with Crippen molar-refractivity contribution in [3.8, 4) is 0 Å². The van der Waals surface area contributed by atoms with Gasteiger partial charge < -0.3 is 5.32 Å². The third-order valence-electron chi connectivity index (χ3n) is 3.85. The van der Waals surface area contributed by atoms with Gasteiger partial charge in [0.15, 0.2) is 0 Å². The number of hydrogen-bond donors (Lipinski definition) is 2. The van der Waals surface area contributed by atoms with Crippen LogP contribution in [-0.4, -0.2) is 38.9 Å². The van der Waals surface area contributed by atoms with E-state index in [4.69, 9.17) is 0 Å². The normalized spacial score (nSPS) is 18.9. The van der Waals surface area contributed by atoms with Crippen LogP contribution in [-0.2, 0) is 16.8 Å². The minimum atomic E-state index is -3.41. The molecule has 5 nitrogen and oxygen atoms in total. The van der Waals surface area contributed by atoms with Crippen molar-refractivity contribution in [1.29, 1.82) is 0 Å². The Morgan fingerprint density at radius 3 is 2.64 bits per heavy atom. The molecule has 1 saturated heterocycles. The van der Waals surface area contributed by atoms with E-state index in [-0.39, 0.29) is 12.4 Å². The van der Waals surface area contributed by atoms with Gasteiger partial charge in [-0.15, -0.1) is 12.4 Å². The molecule has 2 N–H and O–H groups in total. The molecular weight excluding hydrogens is 322 g/mol. The van der Waals surface area contributed by atoms with Gasteiger partial charge in [0.05, 0.1) is 0 Å². The van der Waals surface area contributed by atoms with E-state index >= 15 is 0 Å². The number of nitrogens with one attached hydrogen (secondary N) is 2. The summed E-state index contributed by atoms with van der Waals surface area (Å²) in [6.45, 7) is 5.19. The Morgan fingerprint density at radius 1 is 1.32 bits per heavy atom. The average Bonchev–Trinajstić information content (AvgIpc) is 2.52. The molecule has 0 bridgehead atoms. The van der Waals surface area contributed by atoms with E-state index in [2.05, 4.69) is 10.0 Å². The maximum absolute atomic E-state index is 12.4. The Labute approximate surface area is 140 Å². The monoisotopic (exact) mass is 347 g/mol. The van der Waals surface area contributed by atoms with Crippen LogP contribution in [0.25, 0.3) is 0 Å². The summed E-state index contributed by atoms with van der Waals surface area (Å²) < 4.78 is 29.0. The van der Waals surface area contributed by atoms with Crippen LogP contribution in [0.2, 0.25) is 0 Å². The smallest absolute Gasteiger partial charge is 0.279 e. The van der Waals surface area contributed by atoms with Gasteiger partial charge in [0.1, 0.15) is 0 Å². The maximum atomic E-state index is 12.4. The minimum Gasteiger partial charge on any atom is -0.316 e. The quantitative estimate of drug-likeness (QED) is 0.790. The summed E-state index contributed by atoms with van der Waals surface area (Å²) in [7, 11) is -3.41. The predicted molar refractivity (Wildman–Crippen MR) is 92.3 cm³/mol. The topological polar surface area (TPSA) is 61.4 Å². The molecule has 1 heterocycles. The highest BCUT2D eigenvalue weighted by molar-refractivity contribution is 7.87. The van der Waals surface area contributed by atoms with Crippen molar-refractivity contribution in [3.05, 3.63) is 35.9 Å². The lowest BCUT2D eigenvalue weighted by Gasteiger charge is -2.25. The Kier molecular flexibility index (Phi) is 8.35. The SMILES string of the molecule is CCN(Cc1ccccc1)S(=O)(=O)NCC1CCCNC1.Cl. The van der Waals surface area contributed by atoms with E-state index in [1.807, 2.05) is 37.3 Å². The summed E-state index contributed by atoms with van der Waals surface area (Å²) in [5.74, 6) is 0.393. The van der Waals surface area contributed by atoms with Crippen LogP contribution in [0.1, 0.15) is 25.3 Å². The second-order valence-corrected chi connectivity index (χ2v) is 7.23. The molecule has 0 spiro atoms. The molecule has 0 saturated carbocycles. The Morgan fingerprint density at radius 2 is 2.05 bits per heavy atom. The first kappa shape index (κ1) is 19.4. The average molecular weight is 348 g/mol. The number of nitrogens with zero attached hydrogens (tertiary/aromatic N) is 1. The highest BCUT2D eigenvalue weighted by Crippen LogP contribution is 2.11. The van der Waals surface area contributed by atoms with Gasteiger partial charge in [-0.25, -0.2) is 4.72 Å². The van der Waals surface area contributed by atoms with Crippen LogP contribution in [0.5, 0.6) is 0 Å².